The van der Waals surface area contributed by atoms with Crippen molar-refractivity contribution in [3.05, 3.63) is 147 Å². The van der Waals surface area contributed by atoms with Gasteiger partial charge in [0.25, 0.3) is 0 Å². The van der Waals surface area contributed by atoms with Crippen LogP contribution in [0.3, 0.4) is 0 Å². The van der Waals surface area contributed by atoms with Gasteiger partial charge < -0.3 is 28.4 Å². The minimum absolute atomic E-state index is 0.0231. The molecule has 5 aromatic carbocycles. The molecule has 0 spiro atoms. The van der Waals surface area contributed by atoms with Gasteiger partial charge in [-0.3, -0.25) is 10.1 Å². The lowest BCUT2D eigenvalue weighted by Crippen LogP contribution is -2.13. The number of hydrogen-bond donors (Lipinski definition) is 0. The first kappa shape index (κ1) is 56.8. The van der Waals surface area contributed by atoms with Crippen LogP contribution in [-0.2, 0) is 0 Å². The number of esters is 4. The molecule has 0 heterocycles. The maximum Gasteiger partial charge on any atom is 0.353 e. The molecule has 0 aromatic heterocycles. The van der Waals surface area contributed by atoms with Gasteiger partial charge in [0, 0.05) is 0 Å². The zero-order valence-electron chi connectivity index (χ0n) is 42.0. The Morgan fingerprint density at radius 3 is 1.05 bits per heavy atom. The Kier molecular flexibility index (Phi) is 24.4. The molecule has 15 heteroatoms. The fourth-order valence-corrected chi connectivity index (χ4v) is 7.85. The van der Waals surface area contributed by atoms with Gasteiger partial charge in [-0.2, -0.15) is 0 Å². The molecule has 0 amide bonds. The third-order valence-electron chi connectivity index (χ3n) is 12.0. The quantitative estimate of drug-likeness (QED) is 0.0128. The van der Waals surface area contributed by atoms with E-state index in [0.29, 0.717) is 13.2 Å². The monoisotopic (exact) mass is 1010 g/mol. The molecule has 0 aliphatic rings. The maximum atomic E-state index is 14.8. The second-order valence-corrected chi connectivity index (χ2v) is 17.8. The number of nitro benzene ring substituents is 1. The number of rotatable bonds is 33. The second-order valence-electron chi connectivity index (χ2n) is 17.8. The topological polar surface area (TPSA) is 167 Å². The number of nitro groups is 1. The molecule has 0 fully saturated rings. The van der Waals surface area contributed by atoms with E-state index in [-0.39, 0.29) is 45.3 Å². The van der Waals surface area contributed by atoms with Gasteiger partial charge in [0.15, 0.2) is 23.1 Å². The van der Waals surface area contributed by atoms with Crippen molar-refractivity contribution in [1.29, 1.82) is 0 Å². The fraction of sp³-hybridized carbons (Fsp3) is 0.414. The Hall–Kier alpha value is -7.16. The third kappa shape index (κ3) is 19.4. The van der Waals surface area contributed by atoms with Crippen molar-refractivity contribution in [3.63, 3.8) is 0 Å². The summed E-state index contributed by atoms with van der Waals surface area (Å²) in [6.07, 6.45) is 23.3. The largest absolute Gasteiger partial charge is 0.491 e. The van der Waals surface area contributed by atoms with Crippen molar-refractivity contribution in [2.45, 2.75) is 142 Å². The van der Waals surface area contributed by atoms with Crippen LogP contribution in [0.5, 0.6) is 34.5 Å². The van der Waals surface area contributed by atoms with E-state index >= 15 is 0 Å². The van der Waals surface area contributed by atoms with E-state index in [0.717, 1.165) is 62.8 Å². The first-order valence-electron chi connectivity index (χ1n) is 25.7. The molecule has 0 atom stereocenters. The number of carbonyl (C=O) groups excluding carboxylic acids is 4. The van der Waals surface area contributed by atoms with Gasteiger partial charge in [0.05, 0.1) is 40.4 Å². The Morgan fingerprint density at radius 2 is 0.726 bits per heavy atom. The summed E-state index contributed by atoms with van der Waals surface area (Å²) in [7, 11) is 0. The van der Waals surface area contributed by atoms with Gasteiger partial charge >= 0.3 is 29.6 Å². The molecular formula is C58H67F2NO12. The number of hydrogen-bond acceptors (Lipinski definition) is 12. The summed E-state index contributed by atoms with van der Waals surface area (Å²) in [6, 6.07) is 21.4. The van der Waals surface area contributed by atoms with Crippen LogP contribution in [0.25, 0.3) is 0 Å². The molecule has 0 aliphatic heterocycles. The highest BCUT2D eigenvalue weighted by Gasteiger charge is 2.27. The van der Waals surface area contributed by atoms with Crippen LogP contribution in [0.4, 0.5) is 14.5 Å². The number of carbonyl (C=O) groups is 4. The summed E-state index contributed by atoms with van der Waals surface area (Å²) in [6.45, 7) is 5.13. The molecule has 13 nitrogen and oxygen atoms in total. The highest BCUT2D eigenvalue weighted by Crippen LogP contribution is 2.38. The summed E-state index contributed by atoms with van der Waals surface area (Å²) < 4.78 is 62.3. The normalized spacial score (nSPS) is 10.9. The Morgan fingerprint density at radius 1 is 0.411 bits per heavy atom. The molecule has 390 valence electrons. The molecule has 0 saturated heterocycles. The van der Waals surface area contributed by atoms with E-state index in [1.54, 1.807) is 0 Å². The highest BCUT2D eigenvalue weighted by atomic mass is 19.1. The van der Waals surface area contributed by atoms with Gasteiger partial charge in [-0.1, -0.05) is 135 Å². The number of ether oxygens (including phenoxy) is 6. The summed E-state index contributed by atoms with van der Waals surface area (Å²) in [5, 5.41) is 12.2. The van der Waals surface area contributed by atoms with Gasteiger partial charge in [-0.25, -0.2) is 28.0 Å². The van der Waals surface area contributed by atoms with Crippen molar-refractivity contribution in [2.75, 3.05) is 13.2 Å². The van der Waals surface area contributed by atoms with Gasteiger partial charge in [0.1, 0.15) is 11.5 Å². The number of para-hydroxylation sites is 1. The summed E-state index contributed by atoms with van der Waals surface area (Å²) in [5.41, 5.74) is -1.08. The number of nitrogens with zero attached hydrogens (tertiary/aromatic N) is 1. The Balaban J connectivity index is 1.06. The fourth-order valence-electron chi connectivity index (χ4n) is 7.85. The molecule has 0 bridgehead atoms. The van der Waals surface area contributed by atoms with Crippen LogP contribution in [0.2, 0.25) is 0 Å². The van der Waals surface area contributed by atoms with Crippen molar-refractivity contribution in [1.82, 2.24) is 0 Å². The number of unbranched alkanes of at least 4 members (excludes halogenated alkanes) is 18. The molecule has 73 heavy (non-hydrogen) atoms. The Labute approximate surface area is 426 Å². The summed E-state index contributed by atoms with van der Waals surface area (Å²) in [5.74, 6) is -6.10. The lowest BCUT2D eigenvalue weighted by atomic mass is 10.1. The SMILES string of the molecule is CCCCCCCCCCCCOc1ccc(C(=O)Oc2ccc(C(=O)Oc3cccc(OC(=O)c4ccc(OC(=O)c5ccc(OCCCCCCCCCCCC)c(F)c5)cc4)c3[N+](=O)[O-])cc2)cc1F. The van der Waals surface area contributed by atoms with E-state index in [1.165, 1.54) is 169 Å². The van der Waals surface area contributed by atoms with Crippen LogP contribution in [0.1, 0.15) is 184 Å². The highest BCUT2D eigenvalue weighted by molar-refractivity contribution is 5.95. The maximum absolute atomic E-state index is 14.8. The minimum atomic E-state index is -1.02. The number of halogens is 2. The predicted octanol–water partition coefficient (Wildman–Crippen LogP) is 15.3. The zero-order valence-corrected chi connectivity index (χ0v) is 42.0. The van der Waals surface area contributed by atoms with Crippen molar-refractivity contribution in [3.8, 4) is 34.5 Å². The van der Waals surface area contributed by atoms with Gasteiger partial charge in [0.2, 0.25) is 11.5 Å². The third-order valence-corrected chi connectivity index (χ3v) is 12.0. The van der Waals surface area contributed by atoms with Crippen LogP contribution in [0.15, 0.2) is 103 Å². The lowest BCUT2D eigenvalue weighted by Gasteiger charge is -2.10. The van der Waals surface area contributed by atoms with Gasteiger partial charge in [-0.05, 0) is 110 Å². The summed E-state index contributed by atoms with van der Waals surface area (Å²) in [4.78, 5) is 63.3. The van der Waals surface area contributed by atoms with E-state index in [4.69, 9.17) is 28.4 Å². The molecule has 0 unspecified atom stereocenters. The number of benzene rings is 5. The molecule has 0 radical (unpaired) electrons. The van der Waals surface area contributed by atoms with Crippen molar-refractivity contribution < 1.29 is 61.3 Å². The molecule has 5 aromatic rings. The van der Waals surface area contributed by atoms with E-state index < -0.39 is 57.6 Å². The standard InChI is InChI=1S/C58H67F2NO12/c1-3-5-7-9-11-13-15-17-19-21-38-68-50-36-30-44(40-48(50)59)57(64)70-46-32-26-42(27-33-46)55(62)72-52-24-23-25-53(54(52)61(66)67)73-56(63)43-28-34-47(35-29-43)71-58(65)45-31-37-51(49(60)41-45)69-39-22-20-18-16-14-12-10-8-6-4-2/h23-37,40-41H,3-22,38-39H2,1-2H3. The van der Waals surface area contributed by atoms with Crippen molar-refractivity contribution in [2.24, 2.45) is 0 Å². The smallest absolute Gasteiger partial charge is 0.353 e. The Bertz CT molecular complexity index is 2380. The average Bonchev–Trinajstić information content (AvgIpc) is 3.38. The van der Waals surface area contributed by atoms with Gasteiger partial charge in [-0.15, -0.1) is 0 Å². The molecule has 5 rings (SSSR count). The molecule has 0 aliphatic carbocycles. The first-order valence-corrected chi connectivity index (χ1v) is 25.7. The zero-order chi connectivity index (χ0) is 52.2. The van der Waals surface area contributed by atoms with Crippen molar-refractivity contribution >= 4 is 29.6 Å². The molecule has 0 N–H and O–H groups in total. The molecular weight excluding hydrogens is 941 g/mol. The first-order chi connectivity index (χ1) is 35.5. The van der Waals surface area contributed by atoms with E-state index in [1.807, 2.05) is 0 Å². The van der Waals surface area contributed by atoms with E-state index in [2.05, 4.69) is 13.8 Å². The lowest BCUT2D eigenvalue weighted by molar-refractivity contribution is -0.386. The second kappa shape index (κ2) is 31.3. The average molecular weight is 1010 g/mol. The van der Waals surface area contributed by atoms with E-state index in [9.17, 15) is 38.1 Å². The minimum Gasteiger partial charge on any atom is -0.491 e. The van der Waals surface area contributed by atoms with Crippen LogP contribution in [0, 0.1) is 21.7 Å². The summed E-state index contributed by atoms with van der Waals surface area (Å²) >= 11 is 0. The van der Waals surface area contributed by atoms with Crippen LogP contribution >= 0.6 is 0 Å². The molecule has 0 saturated carbocycles. The van der Waals surface area contributed by atoms with Crippen LogP contribution < -0.4 is 28.4 Å². The van der Waals surface area contributed by atoms with Crippen LogP contribution in [-0.4, -0.2) is 42.0 Å². The predicted molar refractivity (Wildman–Crippen MR) is 273 cm³/mol.